The number of carbonyl (C=O) groups is 1. The molecular weight excluding hydrogens is 362 g/mol. The van der Waals surface area contributed by atoms with Crippen molar-refractivity contribution in [2.24, 2.45) is 0 Å². The highest BCUT2D eigenvalue weighted by atomic mass is 32.2. The van der Waals surface area contributed by atoms with E-state index in [-0.39, 0.29) is 17.3 Å². The van der Waals surface area contributed by atoms with E-state index in [0.717, 1.165) is 5.69 Å². The molecule has 0 atom stereocenters. The van der Waals surface area contributed by atoms with E-state index in [1.807, 2.05) is 30.3 Å². The van der Waals surface area contributed by atoms with Crippen molar-refractivity contribution < 1.29 is 13.2 Å². The zero-order valence-corrected chi connectivity index (χ0v) is 16.7. The zero-order chi connectivity index (χ0) is 20.0. The summed E-state index contributed by atoms with van der Waals surface area (Å²) in [5.41, 5.74) is 2.00. The van der Waals surface area contributed by atoms with E-state index in [9.17, 15) is 13.2 Å². The number of nitrogens with zero attached hydrogens (tertiary/aromatic N) is 2. The summed E-state index contributed by atoms with van der Waals surface area (Å²) < 4.78 is 26.0. The smallest absolute Gasteiger partial charge is 0.246 e. The number of nitrogens with one attached hydrogen (secondary N) is 1. The molecule has 0 aliphatic heterocycles. The fraction of sp³-hybridized carbons (Fsp3) is 0.250. The van der Waals surface area contributed by atoms with Gasteiger partial charge < -0.3 is 10.2 Å². The minimum Gasteiger partial charge on any atom is -0.376 e. The first-order valence-corrected chi connectivity index (χ1v) is 9.94. The summed E-state index contributed by atoms with van der Waals surface area (Å²) in [6, 6.07) is 14.4. The predicted octanol–water partition coefficient (Wildman–Crippen LogP) is 2.88. The molecule has 6 nitrogen and oxygen atoms in total. The number of amides is 1. The average Bonchev–Trinajstić information content (AvgIpc) is 2.65. The molecule has 2 rings (SSSR count). The van der Waals surface area contributed by atoms with E-state index in [0.29, 0.717) is 17.8 Å². The molecule has 2 aromatic carbocycles. The molecule has 1 amide bonds. The van der Waals surface area contributed by atoms with Crippen LogP contribution in [-0.2, 0) is 14.8 Å². The van der Waals surface area contributed by atoms with Crippen LogP contribution < -0.4 is 10.2 Å². The van der Waals surface area contributed by atoms with Gasteiger partial charge in [-0.15, -0.1) is 6.58 Å². The van der Waals surface area contributed by atoms with Crippen LogP contribution in [0.3, 0.4) is 0 Å². The average molecular weight is 388 g/mol. The Morgan fingerprint density at radius 1 is 1.15 bits per heavy atom. The summed E-state index contributed by atoms with van der Waals surface area (Å²) in [6.45, 7) is 5.87. The summed E-state index contributed by atoms with van der Waals surface area (Å²) in [5.74, 6) is -0.140. The fourth-order valence-corrected chi connectivity index (χ4v) is 3.69. The molecule has 144 valence electrons. The molecule has 2 aromatic rings. The molecule has 0 fully saturated rings. The lowest BCUT2D eigenvalue weighted by Crippen LogP contribution is -2.35. The van der Waals surface area contributed by atoms with Crippen LogP contribution >= 0.6 is 0 Å². The Balaban J connectivity index is 2.18. The van der Waals surface area contributed by atoms with E-state index in [1.54, 1.807) is 36.1 Å². The van der Waals surface area contributed by atoms with Crippen molar-refractivity contribution in [2.75, 3.05) is 37.4 Å². The van der Waals surface area contributed by atoms with Crippen LogP contribution in [0.15, 0.2) is 66.1 Å². The molecule has 0 saturated carbocycles. The molecule has 0 radical (unpaired) electrons. The van der Waals surface area contributed by atoms with Gasteiger partial charge in [0.2, 0.25) is 15.9 Å². The van der Waals surface area contributed by atoms with Crippen LogP contribution in [0.1, 0.15) is 5.56 Å². The van der Waals surface area contributed by atoms with E-state index in [1.165, 1.54) is 18.4 Å². The Morgan fingerprint density at radius 2 is 1.81 bits per heavy atom. The molecule has 0 bridgehead atoms. The number of benzene rings is 2. The van der Waals surface area contributed by atoms with Crippen molar-refractivity contribution in [1.29, 1.82) is 0 Å². The maximum atomic E-state index is 12.7. The molecule has 0 saturated heterocycles. The Morgan fingerprint density at radius 3 is 2.41 bits per heavy atom. The number of para-hydroxylation sites is 1. The summed E-state index contributed by atoms with van der Waals surface area (Å²) in [6.07, 6.45) is 1.67. The van der Waals surface area contributed by atoms with Crippen molar-refractivity contribution in [1.82, 2.24) is 4.31 Å². The van der Waals surface area contributed by atoms with Crippen LogP contribution in [0.4, 0.5) is 11.4 Å². The number of hydrogen-bond acceptors (Lipinski definition) is 4. The molecular formula is C20H25N3O3S. The largest absolute Gasteiger partial charge is 0.376 e. The SMILES string of the molecule is C=CCN(C(=O)CNc1ccc(C)c(S(=O)(=O)N(C)C)c1)c1ccccc1. The summed E-state index contributed by atoms with van der Waals surface area (Å²) in [5, 5.41) is 3.02. The van der Waals surface area contributed by atoms with Crippen molar-refractivity contribution in [3.8, 4) is 0 Å². The van der Waals surface area contributed by atoms with Crippen LogP contribution in [0, 0.1) is 6.92 Å². The lowest BCUT2D eigenvalue weighted by Gasteiger charge is -2.22. The Labute approximate surface area is 161 Å². The summed E-state index contributed by atoms with van der Waals surface area (Å²) in [7, 11) is -0.569. The van der Waals surface area contributed by atoms with Crippen molar-refractivity contribution in [2.45, 2.75) is 11.8 Å². The van der Waals surface area contributed by atoms with Gasteiger partial charge in [-0.2, -0.15) is 0 Å². The third-order valence-electron chi connectivity index (χ3n) is 4.07. The first-order chi connectivity index (χ1) is 12.8. The molecule has 0 spiro atoms. The number of aryl methyl sites for hydroxylation is 1. The van der Waals surface area contributed by atoms with Crippen LogP contribution in [0.5, 0.6) is 0 Å². The number of carbonyl (C=O) groups excluding carboxylic acids is 1. The zero-order valence-electron chi connectivity index (χ0n) is 15.8. The van der Waals surface area contributed by atoms with Gasteiger partial charge in [0.15, 0.2) is 0 Å². The normalized spacial score (nSPS) is 11.3. The first-order valence-electron chi connectivity index (χ1n) is 8.50. The molecule has 0 aromatic heterocycles. The monoisotopic (exact) mass is 387 g/mol. The highest BCUT2D eigenvalue weighted by Gasteiger charge is 2.20. The Bertz CT molecular complexity index is 909. The molecule has 1 N–H and O–H groups in total. The Kier molecular flexibility index (Phi) is 6.76. The second kappa shape index (κ2) is 8.83. The molecule has 0 aliphatic rings. The molecule has 0 heterocycles. The van der Waals surface area contributed by atoms with Crippen molar-refractivity contribution in [3.05, 3.63) is 66.7 Å². The third-order valence-corrected chi connectivity index (χ3v) is 6.03. The van der Waals surface area contributed by atoms with Gasteiger partial charge in [0, 0.05) is 32.0 Å². The minimum atomic E-state index is -3.55. The quantitative estimate of drug-likeness (QED) is 0.707. The van der Waals surface area contributed by atoms with Crippen molar-refractivity contribution >= 4 is 27.3 Å². The van der Waals surface area contributed by atoms with E-state index >= 15 is 0 Å². The van der Waals surface area contributed by atoms with Gasteiger partial charge in [0.1, 0.15) is 0 Å². The van der Waals surface area contributed by atoms with Gasteiger partial charge in [0.25, 0.3) is 0 Å². The van der Waals surface area contributed by atoms with Crippen molar-refractivity contribution in [3.63, 3.8) is 0 Å². The van der Waals surface area contributed by atoms with Gasteiger partial charge in [-0.3, -0.25) is 4.79 Å². The highest BCUT2D eigenvalue weighted by Crippen LogP contribution is 2.22. The molecule has 0 aliphatic carbocycles. The van der Waals surface area contributed by atoms with Gasteiger partial charge in [-0.05, 0) is 36.8 Å². The predicted molar refractivity (Wildman–Crippen MR) is 110 cm³/mol. The lowest BCUT2D eigenvalue weighted by atomic mass is 10.2. The second-order valence-corrected chi connectivity index (χ2v) is 8.37. The third kappa shape index (κ3) is 4.96. The Hall–Kier alpha value is -2.64. The number of hydrogen-bond donors (Lipinski definition) is 1. The van der Waals surface area contributed by atoms with E-state index in [2.05, 4.69) is 11.9 Å². The molecule has 7 heteroatoms. The first kappa shape index (κ1) is 20.7. The second-order valence-electron chi connectivity index (χ2n) is 6.25. The van der Waals surface area contributed by atoms with Gasteiger partial charge in [-0.25, -0.2) is 12.7 Å². The van der Waals surface area contributed by atoms with Crippen LogP contribution in [0.25, 0.3) is 0 Å². The van der Waals surface area contributed by atoms with Gasteiger partial charge in [0.05, 0.1) is 11.4 Å². The maximum absolute atomic E-state index is 12.7. The fourth-order valence-electron chi connectivity index (χ4n) is 2.55. The number of rotatable bonds is 8. The highest BCUT2D eigenvalue weighted by molar-refractivity contribution is 7.89. The number of sulfonamides is 1. The number of anilines is 2. The summed E-state index contributed by atoms with van der Waals surface area (Å²) in [4.78, 5) is 14.5. The lowest BCUT2D eigenvalue weighted by molar-refractivity contribution is -0.116. The van der Waals surface area contributed by atoms with Gasteiger partial charge >= 0.3 is 0 Å². The molecule has 27 heavy (non-hydrogen) atoms. The van der Waals surface area contributed by atoms with Crippen LogP contribution in [0.2, 0.25) is 0 Å². The summed E-state index contributed by atoms with van der Waals surface area (Å²) >= 11 is 0. The standard InChI is InChI=1S/C20H25N3O3S/c1-5-13-23(18-9-7-6-8-10-18)20(24)15-21-17-12-11-16(2)19(14-17)27(25,26)22(3)4/h5-12,14,21H,1,13,15H2,2-4H3. The van der Waals surface area contributed by atoms with E-state index in [4.69, 9.17) is 0 Å². The topological polar surface area (TPSA) is 69.7 Å². The molecule has 0 unspecified atom stereocenters. The van der Waals surface area contributed by atoms with Crippen LogP contribution in [-0.4, -0.2) is 45.8 Å². The minimum absolute atomic E-state index is 0.0350. The van der Waals surface area contributed by atoms with Gasteiger partial charge in [-0.1, -0.05) is 30.3 Å². The van der Waals surface area contributed by atoms with E-state index < -0.39 is 10.0 Å². The maximum Gasteiger partial charge on any atom is 0.246 e.